The quantitative estimate of drug-likeness (QED) is 0.238. The monoisotopic (exact) mass is 733 g/mol. The van der Waals surface area contributed by atoms with E-state index in [1.165, 1.54) is 27.9 Å². The van der Waals surface area contributed by atoms with Crippen molar-refractivity contribution in [1.82, 2.24) is 4.90 Å². The Hall–Kier alpha value is -1.30. The first-order valence-corrected chi connectivity index (χ1v) is 18.5. The van der Waals surface area contributed by atoms with Gasteiger partial charge in [-0.2, -0.15) is 0 Å². The predicted molar refractivity (Wildman–Crippen MR) is 186 cm³/mol. The van der Waals surface area contributed by atoms with Gasteiger partial charge in [-0.25, -0.2) is 0 Å². The second-order valence-electron chi connectivity index (χ2n) is 16.5. The lowest BCUT2D eigenvalue weighted by molar-refractivity contribution is -0.318. The molecule has 14 nitrogen and oxygen atoms in total. The number of rotatable bonds is 7. The highest BCUT2D eigenvalue weighted by atomic mass is 16.7. The van der Waals surface area contributed by atoms with Crippen LogP contribution >= 0.6 is 0 Å². The van der Waals surface area contributed by atoms with Gasteiger partial charge in [-0.3, -0.25) is 9.59 Å². The molecular formula is C37H67NO13. The van der Waals surface area contributed by atoms with Crippen LogP contribution in [-0.2, 0) is 38.0 Å². The summed E-state index contributed by atoms with van der Waals surface area (Å²) in [6, 6.07) is -0.324. The summed E-state index contributed by atoms with van der Waals surface area (Å²) in [7, 11) is 5.18. The molecule has 3 fully saturated rings. The van der Waals surface area contributed by atoms with E-state index >= 15 is 0 Å². The number of nitrogens with zero attached hydrogens (tertiary/aromatic N) is 1. The fourth-order valence-electron chi connectivity index (χ4n) is 8.41. The standard InChI is InChI=1S/C37H67NO13/c1-14-25-37(10,45)30(41)20(4)27(39)18(2)16-35(8,44)32(51-34-28(40)24(38(11)12)15-19(3)47-34)21(5)29(22(6)33(43)49-25)50-26-17-36(9,46-13)31(42)23(7)48-26/h18-26,28-32,34,40-42,44-45H,14-17H2,1-13H3/t18-,19+,20+,21+,22-,23+,24-,25-,26?,28+,29+,30-,31+,32-,34?,35-,36-,37-/m1/s1. The second-order valence-corrected chi connectivity index (χ2v) is 16.5. The average Bonchev–Trinajstić information content (AvgIpc) is 3.05. The molecule has 0 saturated carbocycles. The summed E-state index contributed by atoms with van der Waals surface area (Å²) in [6.07, 6.45) is -9.71. The number of likely N-dealkylation sites (N-methyl/N-ethyl adjacent to an activating group) is 1. The largest absolute Gasteiger partial charge is 0.459 e. The van der Waals surface area contributed by atoms with Crippen molar-refractivity contribution in [2.24, 2.45) is 23.7 Å². The maximum Gasteiger partial charge on any atom is 0.311 e. The molecule has 3 heterocycles. The Morgan fingerprint density at radius 1 is 0.882 bits per heavy atom. The zero-order chi connectivity index (χ0) is 39.0. The van der Waals surface area contributed by atoms with Gasteiger partial charge in [0.1, 0.15) is 29.7 Å². The first-order chi connectivity index (χ1) is 23.4. The summed E-state index contributed by atoms with van der Waals surface area (Å²) in [4.78, 5) is 29.8. The minimum atomic E-state index is -1.99. The Balaban J connectivity index is 2.18. The van der Waals surface area contributed by atoms with Crippen LogP contribution in [0.4, 0.5) is 0 Å². The summed E-state index contributed by atoms with van der Waals surface area (Å²) in [5.74, 6) is -4.98. The first-order valence-electron chi connectivity index (χ1n) is 18.5. The fraction of sp³-hybridized carbons (Fsp3) is 0.946. The van der Waals surface area contributed by atoms with Crippen molar-refractivity contribution in [3.8, 4) is 0 Å². The van der Waals surface area contributed by atoms with Gasteiger partial charge < -0.3 is 58.9 Å². The van der Waals surface area contributed by atoms with E-state index in [1.807, 2.05) is 25.9 Å². The van der Waals surface area contributed by atoms with Gasteiger partial charge in [-0.1, -0.05) is 27.7 Å². The molecule has 0 radical (unpaired) electrons. The smallest absolute Gasteiger partial charge is 0.311 e. The molecule has 0 aromatic heterocycles. The number of methoxy groups -OCH3 is 1. The molecule has 51 heavy (non-hydrogen) atoms. The average molecular weight is 734 g/mol. The van der Waals surface area contributed by atoms with Crippen molar-refractivity contribution in [1.29, 1.82) is 0 Å². The number of ether oxygens (including phenoxy) is 6. The molecule has 0 aromatic carbocycles. The van der Waals surface area contributed by atoms with E-state index in [0.717, 1.165) is 0 Å². The van der Waals surface area contributed by atoms with Crippen molar-refractivity contribution >= 4 is 11.8 Å². The number of esters is 1. The molecule has 3 aliphatic rings. The summed E-state index contributed by atoms with van der Waals surface area (Å²) in [6.45, 7) is 16.3. The lowest BCUT2D eigenvalue weighted by Crippen LogP contribution is -2.61. The van der Waals surface area contributed by atoms with Gasteiger partial charge in [0.25, 0.3) is 0 Å². The number of hydrogen-bond acceptors (Lipinski definition) is 14. The Kier molecular flexibility index (Phi) is 14.7. The third-order valence-corrected chi connectivity index (χ3v) is 11.8. The van der Waals surface area contributed by atoms with Crippen LogP contribution in [0.25, 0.3) is 0 Å². The molecule has 5 N–H and O–H groups in total. The zero-order valence-corrected chi connectivity index (χ0v) is 32.9. The second kappa shape index (κ2) is 17.0. The van der Waals surface area contributed by atoms with Crippen LogP contribution in [0.5, 0.6) is 0 Å². The molecule has 0 amide bonds. The first kappa shape index (κ1) is 44.1. The maximum absolute atomic E-state index is 14.1. The minimum Gasteiger partial charge on any atom is -0.459 e. The van der Waals surface area contributed by atoms with Gasteiger partial charge in [0, 0.05) is 37.3 Å². The SMILES string of the molecule is CC[C@H]1OC(=O)[C@H](C)[C@@H](OC2C[C@@](C)(OC)[C@@H](O)[C@H](C)O2)[C@H](C)[C@@H](OC2O[C@@H](C)C[C@@H](N(C)C)[C@@H]2O)[C@](C)(O)C[C@@H](C)C(=O)[C@H](C)[C@@H](O)[C@]1(C)O. The molecule has 3 aliphatic heterocycles. The molecule has 0 aromatic rings. The van der Waals surface area contributed by atoms with Gasteiger partial charge in [0.2, 0.25) is 0 Å². The number of aliphatic hydroxyl groups is 5. The van der Waals surface area contributed by atoms with Gasteiger partial charge in [-0.15, -0.1) is 0 Å². The molecule has 2 unspecified atom stereocenters. The highest BCUT2D eigenvalue weighted by molar-refractivity contribution is 5.83. The number of ketones is 1. The van der Waals surface area contributed by atoms with E-state index in [0.29, 0.717) is 6.42 Å². The summed E-state index contributed by atoms with van der Waals surface area (Å²) < 4.78 is 37.1. The molecular weight excluding hydrogens is 666 g/mol. The third-order valence-electron chi connectivity index (χ3n) is 11.8. The highest BCUT2D eigenvalue weighted by Gasteiger charge is 2.53. The van der Waals surface area contributed by atoms with Crippen LogP contribution in [-0.4, -0.2) is 148 Å². The van der Waals surface area contributed by atoms with Crippen molar-refractivity contribution in [3.63, 3.8) is 0 Å². The van der Waals surface area contributed by atoms with Gasteiger partial charge >= 0.3 is 5.97 Å². The lowest BCUT2D eigenvalue weighted by Gasteiger charge is -2.49. The Morgan fingerprint density at radius 2 is 1.49 bits per heavy atom. The number of carbonyl (C=O) groups excluding carboxylic acids is 2. The van der Waals surface area contributed by atoms with Crippen molar-refractivity contribution in [2.75, 3.05) is 21.2 Å². The molecule has 298 valence electrons. The Labute approximate surface area is 304 Å². The number of carbonyl (C=O) groups is 2. The molecule has 3 saturated heterocycles. The van der Waals surface area contributed by atoms with E-state index in [2.05, 4.69) is 0 Å². The van der Waals surface area contributed by atoms with Crippen LogP contribution in [0, 0.1) is 23.7 Å². The zero-order valence-electron chi connectivity index (χ0n) is 32.9. The van der Waals surface area contributed by atoms with Gasteiger partial charge in [-0.05, 0) is 74.9 Å². The third kappa shape index (κ3) is 9.51. The van der Waals surface area contributed by atoms with Crippen LogP contribution in [0.3, 0.4) is 0 Å². The van der Waals surface area contributed by atoms with E-state index in [4.69, 9.17) is 28.4 Å². The van der Waals surface area contributed by atoms with Crippen molar-refractivity contribution < 1.29 is 63.5 Å². The molecule has 14 heteroatoms. The molecule has 0 aliphatic carbocycles. The van der Waals surface area contributed by atoms with E-state index < -0.39 is 108 Å². The Morgan fingerprint density at radius 3 is 2.04 bits per heavy atom. The highest BCUT2D eigenvalue weighted by Crippen LogP contribution is 2.40. The Bertz CT molecular complexity index is 1170. The maximum atomic E-state index is 14.1. The van der Waals surface area contributed by atoms with Crippen LogP contribution < -0.4 is 0 Å². The molecule has 0 bridgehead atoms. The number of aliphatic hydroxyl groups excluding tert-OH is 3. The minimum absolute atomic E-state index is 0.0936. The fourth-order valence-corrected chi connectivity index (χ4v) is 8.41. The summed E-state index contributed by atoms with van der Waals surface area (Å²) in [5, 5.41) is 57.6. The molecule has 3 rings (SSSR count). The van der Waals surface area contributed by atoms with Crippen molar-refractivity contribution in [3.05, 3.63) is 0 Å². The van der Waals surface area contributed by atoms with Crippen LogP contribution in [0.15, 0.2) is 0 Å². The molecule has 0 spiro atoms. The topological polar surface area (TPSA) is 194 Å². The molecule has 18 atom stereocenters. The lowest BCUT2D eigenvalue weighted by atomic mass is 9.74. The van der Waals surface area contributed by atoms with Crippen LogP contribution in [0.1, 0.15) is 94.9 Å². The number of Topliss-reactive ketones (excluding diaryl/α,β-unsaturated/α-hetero) is 1. The van der Waals surface area contributed by atoms with E-state index in [-0.39, 0.29) is 31.4 Å². The van der Waals surface area contributed by atoms with Crippen molar-refractivity contribution in [2.45, 2.75) is 179 Å². The normalized spacial score (nSPS) is 49.7. The summed E-state index contributed by atoms with van der Waals surface area (Å²) >= 11 is 0. The van der Waals surface area contributed by atoms with Crippen LogP contribution in [0.2, 0.25) is 0 Å². The summed E-state index contributed by atoms with van der Waals surface area (Å²) in [5.41, 5.74) is -4.84. The van der Waals surface area contributed by atoms with Gasteiger partial charge in [0.15, 0.2) is 12.6 Å². The van der Waals surface area contributed by atoms with Gasteiger partial charge in [0.05, 0.1) is 47.6 Å². The van der Waals surface area contributed by atoms with E-state index in [9.17, 15) is 35.1 Å². The predicted octanol–water partition coefficient (Wildman–Crippen LogP) is 1.79. The number of hydrogen-bond donors (Lipinski definition) is 5. The number of cyclic esters (lactones) is 1. The van der Waals surface area contributed by atoms with E-state index in [1.54, 1.807) is 41.5 Å².